The first-order chi connectivity index (χ1) is 16.6. The van der Waals surface area contributed by atoms with Crippen molar-refractivity contribution in [3.8, 4) is 11.5 Å². The molecule has 35 heavy (non-hydrogen) atoms. The van der Waals surface area contributed by atoms with Crippen molar-refractivity contribution < 1.29 is 19.1 Å². The fraction of sp³-hybridized carbons (Fsp3) is 0.481. The Hall–Kier alpha value is -2.87. The number of carbonyl (C=O) groups is 2. The molecule has 2 saturated heterocycles. The average molecular weight is 498 g/mol. The van der Waals surface area contributed by atoms with Crippen LogP contribution in [0.1, 0.15) is 49.5 Å². The lowest BCUT2D eigenvalue weighted by Gasteiger charge is -2.44. The molecule has 3 amide bonds. The number of anilines is 1. The molecule has 1 N–H and O–H groups in total. The first-order valence-corrected chi connectivity index (χ1v) is 13.0. The van der Waals surface area contributed by atoms with E-state index in [-0.39, 0.29) is 22.2 Å². The van der Waals surface area contributed by atoms with Crippen molar-refractivity contribution in [3.05, 3.63) is 53.6 Å². The summed E-state index contributed by atoms with van der Waals surface area (Å²) < 4.78 is 10.6. The van der Waals surface area contributed by atoms with Gasteiger partial charge in [-0.3, -0.25) is 4.79 Å². The van der Waals surface area contributed by atoms with Crippen molar-refractivity contribution in [1.82, 2.24) is 9.80 Å². The normalized spacial score (nSPS) is 17.4. The van der Waals surface area contributed by atoms with E-state index in [0.29, 0.717) is 30.3 Å². The lowest BCUT2D eigenvalue weighted by Crippen LogP contribution is -2.54. The number of carbonyl (C=O) groups excluding carboxylic acids is 2. The van der Waals surface area contributed by atoms with Crippen LogP contribution in [0.5, 0.6) is 11.5 Å². The summed E-state index contributed by atoms with van der Waals surface area (Å²) in [7, 11) is 3.16. The molecule has 0 aromatic heterocycles. The Labute approximate surface area is 212 Å². The summed E-state index contributed by atoms with van der Waals surface area (Å²) in [6, 6.07) is 13.2. The quantitative estimate of drug-likeness (QED) is 0.628. The van der Waals surface area contributed by atoms with Gasteiger partial charge in [0.25, 0.3) is 5.91 Å². The first kappa shape index (κ1) is 25.2. The van der Waals surface area contributed by atoms with Gasteiger partial charge in [-0.15, -0.1) is 11.8 Å². The Morgan fingerprint density at radius 1 is 0.943 bits per heavy atom. The fourth-order valence-corrected chi connectivity index (χ4v) is 6.17. The molecule has 7 nitrogen and oxygen atoms in total. The van der Waals surface area contributed by atoms with Crippen LogP contribution in [0.2, 0.25) is 0 Å². The highest BCUT2D eigenvalue weighted by molar-refractivity contribution is 8.00. The van der Waals surface area contributed by atoms with Gasteiger partial charge < -0.3 is 24.6 Å². The van der Waals surface area contributed by atoms with Gasteiger partial charge in [0.2, 0.25) is 0 Å². The predicted octanol–water partition coefficient (Wildman–Crippen LogP) is 5.21. The Balaban J connectivity index is 1.41. The molecular formula is C27H35N3O4S. The van der Waals surface area contributed by atoms with E-state index in [0.717, 1.165) is 30.7 Å². The van der Waals surface area contributed by atoms with E-state index in [9.17, 15) is 9.59 Å². The molecule has 2 aliphatic rings. The van der Waals surface area contributed by atoms with Crippen LogP contribution in [0.15, 0.2) is 42.5 Å². The van der Waals surface area contributed by atoms with E-state index in [1.165, 1.54) is 5.56 Å². The second kappa shape index (κ2) is 10.0. The standard InChI is InChI=1S/C27H35N3O4S/c1-26(2,3)20-8-6-19(7-9-20)24(31)30-14-15-35-27(30)10-12-29(13-11-27)25(32)28-21-16-22(33-4)18-23(17-21)34-5/h6-9,16-18H,10-15H2,1-5H3,(H,28,32). The predicted molar refractivity (Wildman–Crippen MR) is 141 cm³/mol. The van der Waals surface area contributed by atoms with Gasteiger partial charge in [0.15, 0.2) is 0 Å². The van der Waals surface area contributed by atoms with Crippen LogP contribution < -0.4 is 14.8 Å². The minimum atomic E-state index is -0.254. The highest BCUT2D eigenvalue weighted by atomic mass is 32.2. The molecule has 0 aliphatic carbocycles. The first-order valence-electron chi connectivity index (χ1n) is 12.0. The fourth-order valence-electron chi connectivity index (χ4n) is 4.72. The zero-order valence-electron chi connectivity index (χ0n) is 21.2. The molecule has 8 heteroatoms. The number of rotatable bonds is 4. The molecule has 188 valence electrons. The second-order valence-electron chi connectivity index (χ2n) is 10.1. The lowest BCUT2D eigenvalue weighted by atomic mass is 9.86. The molecule has 4 rings (SSSR count). The minimum absolute atomic E-state index is 0.0513. The third-order valence-electron chi connectivity index (χ3n) is 6.86. The van der Waals surface area contributed by atoms with Crippen molar-refractivity contribution in [1.29, 1.82) is 0 Å². The van der Waals surface area contributed by atoms with E-state index in [1.807, 2.05) is 33.7 Å². The number of thioether (sulfide) groups is 1. The number of likely N-dealkylation sites (tertiary alicyclic amines) is 1. The van der Waals surface area contributed by atoms with Gasteiger partial charge in [-0.25, -0.2) is 4.79 Å². The number of nitrogens with one attached hydrogen (secondary N) is 1. The summed E-state index contributed by atoms with van der Waals surface area (Å²) in [5.41, 5.74) is 2.62. The molecule has 0 radical (unpaired) electrons. The molecule has 2 aliphatic heterocycles. The summed E-state index contributed by atoms with van der Waals surface area (Å²) in [6.45, 7) is 8.43. The Kier molecular flexibility index (Phi) is 7.22. The third kappa shape index (κ3) is 5.37. The van der Waals surface area contributed by atoms with Gasteiger partial charge in [-0.2, -0.15) is 0 Å². The van der Waals surface area contributed by atoms with Crippen molar-refractivity contribution in [2.45, 2.75) is 43.9 Å². The van der Waals surface area contributed by atoms with E-state index < -0.39 is 0 Å². The Morgan fingerprint density at radius 2 is 1.54 bits per heavy atom. The molecule has 0 unspecified atom stereocenters. The summed E-state index contributed by atoms with van der Waals surface area (Å²) >= 11 is 1.85. The maximum Gasteiger partial charge on any atom is 0.321 e. The number of hydrogen-bond acceptors (Lipinski definition) is 5. The van der Waals surface area contributed by atoms with Crippen LogP contribution in [0.3, 0.4) is 0 Å². The van der Waals surface area contributed by atoms with Gasteiger partial charge in [-0.1, -0.05) is 32.9 Å². The maximum absolute atomic E-state index is 13.5. The molecule has 2 heterocycles. The van der Waals surface area contributed by atoms with Crippen LogP contribution in [0.4, 0.5) is 10.5 Å². The molecule has 2 aromatic carbocycles. The van der Waals surface area contributed by atoms with E-state index >= 15 is 0 Å². The molecule has 0 bridgehead atoms. The number of piperidine rings is 1. The van der Waals surface area contributed by atoms with Crippen LogP contribution in [-0.2, 0) is 5.41 Å². The second-order valence-corrected chi connectivity index (χ2v) is 11.6. The smallest absolute Gasteiger partial charge is 0.321 e. The van der Waals surface area contributed by atoms with Gasteiger partial charge in [0, 0.05) is 54.8 Å². The summed E-state index contributed by atoms with van der Waals surface area (Å²) in [6.07, 6.45) is 1.50. The molecular weight excluding hydrogens is 462 g/mol. The third-order valence-corrected chi connectivity index (χ3v) is 8.41. The van der Waals surface area contributed by atoms with E-state index in [1.54, 1.807) is 32.4 Å². The Morgan fingerprint density at radius 3 is 2.09 bits per heavy atom. The number of benzene rings is 2. The maximum atomic E-state index is 13.5. The molecule has 0 atom stereocenters. The number of hydrogen-bond donors (Lipinski definition) is 1. The van der Waals surface area contributed by atoms with E-state index in [4.69, 9.17) is 9.47 Å². The summed E-state index contributed by atoms with van der Waals surface area (Å²) in [5.74, 6) is 2.23. The van der Waals surface area contributed by atoms with Gasteiger partial charge in [0.1, 0.15) is 11.5 Å². The summed E-state index contributed by atoms with van der Waals surface area (Å²) in [5, 5.41) is 2.96. The Bertz CT molecular complexity index is 1050. The molecule has 2 fully saturated rings. The van der Waals surface area contributed by atoms with Crippen molar-refractivity contribution in [2.75, 3.05) is 44.9 Å². The largest absolute Gasteiger partial charge is 0.497 e. The monoisotopic (exact) mass is 497 g/mol. The topological polar surface area (TPSA) is 71.1 Å². The lowest BCUT2D eigenvalue weighted by molar-refractivity contribution is 0.0585. The van der Waals surface area contributed by atoms with Crippen molar-refractivity contribution in [3.63, 3.8) is 0 Å². The number of methoxy groups -OCH3 is 2. The number of nitrogens with zero attached hydrogens (tertiary/aromatic N) is 2. The molecule has 1 spiro atoms. The number of ether oxygens (including phenoxy) is 2. The highest BCUT2D eigenvalue weighted by Gasteiger charge is 2.47. The van der Waals surface area contributed by atoms with Gasteiger partial charge in [-0.05, 0) is 36.0 Å². The van der Waals surface area contributed by atoms with Gasteiger partial charge >= 0.3 is 6.03 Å². The van der Waals surface area contributed by atoms with Crippen molar-refractivity contribution >= 4 is 29.4 Å². The van der Waals surface area contributed by atoms with Crippen molar-refractivity contribution in [2.24, 2.45) is 0 Å². The van der Waals surface area contributed by atoms with E-state index in [2.05, 4.69) is 38.2 Å². The minimum Gasteiger partial charge on any atom is -0.497 e. The summed E-state index contributed by atoms with van der Waals surface area (Å²) in [4.78, 5) is 30.0. The zero-order valence-corrected chi connectivity index (χ0v) is 22.0. The van der Waals surface area contributed by atoms with Crippen LogP contribution in [-0.4, -0.2) is 66.2 Å². The van der Waals surface area contributed by atoms with Crippen LogP contribution in [0.25, 0.3) is 0 Å². The zero-order chi connectivity index (χ0) is 25.2. The SMILES string of the molecule is COc1cc(NC(=O)N2CCC3(CC2)SCCN3C(=O)c2ccc(C(C)(C)C)cc2)cc(OC)c1. The number of urea groups is 1. The number of amides is 3. The average Bonchev–Trinajstić information content (AvgIpc) is 3.25. The highest BCUT2D eigenvalue weighted by Crippen LogP contribution is 2.44. The van der Waals surface area contributed by atoms with Crippen LogP contribution in [0, 0.1) is 0 Å². The molecule has 2 aromatic rings. The van der Waals surface area contributed by atoms with Crippen LogP contribution >= 0.6 is 11.8 Å². The molecule has 0 saturated carbocycles. The van der Waals surface area contributed by atoms with Gasteiger partial charge in [0.05, 0.1) is 19.1 Å².